The smallest absolute Gasteiger partial charge is 0.244 e. The Bertz CT molecular complexity index is 1060. The number of hydrogen-bond donors (Lipinski definition) is 1. The standard InChI is InChI=1S/C25H35N3O5S/c1-6-21(25(30)26-19(3)4)27(17-20-13-9-8-10-14-20)24(29)18-28(34(5,31)32)22-15-11-12-16-23(22)33-7-2/h8-16,19,21H,6-7,17-18H2,1-5H3,(H,26,30)/t21-/m0/s1. The highest BCUT2D eigenvalue weighted by molar-refractivity contribution is 7.92. The van der Waals surface area contributed by atoms with Crippen LogP contribution in [-0.2, 0) is 26.2 Å². The molecule has 2 aromatic rings. The first-order valence-electron chi connectivity index (χ1n) is 11.4. The maximum absolute atomic E-state index is 13.6. The summed E-state index contributed by atoms with van der Waals surface area (Å²) in [6.45, 7) is 7.39. The van der Waals surface area contributed by atoms with Gasteiger partial charge in [0.2, 0.25) is 21.8 Å². The summed E-state index contributed by atoms with van der Waals surface area (Å²) in [6, 6.07) is 15.2. The molecular formula is C25H35N3O5S. The Balaban J connectivity index is 2.46. The van der Waals surface area contributed by atoms with E-state index in [1.165, 1.54) is 4.90 Å². The maximum atomic E-state index is 13.6. The van der Waals surface area contributed by atoms with Gasteiger partial charge in [-0.1, -0.05) is 49.4 Å². The Hall–Kier alpha value is -3.07. The minimum Gasteiger partial charge on any atom is -0.492 e. The summed E-state index contributed by atoms with van der Waals surface area (Å²) in [5.41, 5.74) is 1.12. The Morgan fingerprint density at radius 3 is 2.18 bits per heavy atom. The minimum absolute atomic E-state index is 0.0965. The fourth-order valence-electron chi connectivity index (χ4n) is 3.62. The molecule has 0 unspecified atom stereocenters. The van der Waals surface area contributed by atoms with Gasteiger partial charge in [0, 0.05) is 12.6 Å². The van der Waals surface area contributed by atoms with Crippen LogP contribution in [0.25, 0.3) is 0 Å². The van der Waals surface area contributed by atoms with Crippen molar-refractivity contribution < 1.29 is 22.7 Å². The van der Waals surface area contributed by atoms with Gasteiger partial charge in [-0.2, -0.15) is 0 Å². The number of ether oxygens (including phenoxy) is 1. The number of nitrogens with zero attached hydrogens (tertiary/aromatic N) is 2. The van der Waals surface area contributed by atoms with Gasteiger partial charge in [-0.15, -0.1) is 0 Å². The van der Waals surface area contributed by atoms with E-state index in [0.717, 1.165) is 16.1 Å². The van der Waals surface area contributed by atoms with Gasteiger partial charge in [0.25, 0.3) is 0 Å². The first-order chi connectivity index (χ1) is 16.1. The van der Waals surface area contributed by atoms with Crippen molar-refractivity contribution in [3.63, 3.8) is 0 Å². The van der Waals surface area contributed by atoms with Crippen LogP contribution in [0.3, 0.4) is 0 Å². The fraction of sp³-hybridized carbons (Fsp3) is 0.440. The van der Waals surface area contributed by atoms with Gasteiger partial charge in [-0.3, -0.25) is 13.9 Å². The largest absolute Gasteiger partial charge is 0.492 e. The van der Waals surface area contributed by atoms with E-state index in [4.69, 9.17) is 4.74 Å². The lowest BCUT2D eigenvalue weighted by molar-refractivity contribution is -0.140. The summed E-state index contributed by atoms with van der Waals surface area (Å²) < 4.78 is 32.1. The molecular weight excluding hydrogens is 454 g/mol. The van der Waals surface area contributed by atoms with E-state index in [9.17, 15) is 18.0 Å². The van der Waals surface area contributed by atoms with E-state index in [1.807, 2.05) is 51.1 Å². The van der Waals surface area contributed by atoms with E-state index < -0.39 is 28.5 Å². The summed E-state index contributed by atoms with van der Waals surface area (Å²) in [7, 11) is -3.83. The molecule has 186 valence electrons. The Morgan fingerprint density at radius 1 is 1.00 bits per heavy atom. The van der Waals surface area contributed by atoms with Crippen LogP contribution in [-0.4, -0.2) is 56.6 Å². The molecule has 0 aliphatic heterocycles. The SMILES string of the molecule is CCOc1ccccc1N(CC(=O)N(Cc1ccccc1)[C@@H](CC)C(=O)NC(C)C)S(C)(=O)=O. The highest BCUT2D eigenvalue weighted by atomic mass is 32.2. The molecule has 2 aromatic carbocycles. The van der Waals surface area contributed by atoms with Crippen LogP contribution < -0.4 is 14.4 Å². The number of carbonyl (C=O) groups excluding carboxylic acids is 2. The number of sulfonamides is 1. The molecule has 34 heavy (non-hydrogen) atoms. The first kappa shape index (κ1) is 27.2. The molecule has 2 amide bonds. The number of para-hydroxylation sites is 2. The first-order valence-corrected chi connectivity index (χ1v) is 13.3. The molecule has 0 saturated carbocycles. The average molecular weight is 490 g/mol. The summed E-state index contributed by atoms with van der Waals surface area (Å²) in [4.78, 5) is 28.0. The molecule has 0 heterocycles. The van der Waals surface area contributed by atoms with E-state index >= 15 is 0 Å². The molecule has 9 heteroatoms. The third-order valence-electron chi connectivity index (χ3n) is 5.13. The van der Waals surface area contributed by atoms with Crippen LogP contribution >= 0.6 is 0 Å². The molecule has 0 aliphatic carbocycles. The van der Waals surface area contributed by atoms with E-state index in [-0.39, 0.29) is 24.2 Å². The molecule has 1 atom stereocenters. The summed E-state index contributed by atoms with van der Waals surface area (Å²) >= 11 is 0. The quantitative estimate of drug-likeness (QED) is 0.494. The minimum atomic E-state index is -3.83. The predicted octanol–water partition coefficient (Wildman–Crippen LogP) is 3.18. The average Bonchev–Trinajstić information content (AvgIpc) is 2.77. The molecule has 0 radical (unpaired) electrons. The lowest BCUT2D eigenvalue weighted by Crippen LogP contribution is -2.53. The Morgan fingerprint density at radius 2 is 1.62 bits per heavy atom. The molecule has 0 aliphatic rings. The summed E-state index contributed by atoms with van der Waals surface area (Å²) in [6.07, 6.45) is 1.43. The summed E-state index contributed by atoms with van der Waals surface area (Å²) in [5.74, 6) is -0.392. The number of carbonyl (C=O) groups is 2. The zero-order valence-electron chi connectivity index (χ0n) is 20.5. The predicted molar refractivity (Wildman–Crippen MR) is 134 cm³/mol. The monoisotopic (exact) mass is 489 g/mol. The lowest BCUT2D eigenvalue weighted by Gasteiger charge is -2.33. The molecule has 0 saturated heterocycles. The zero-order valence-corrected chi connectivity index (χ0v) is 21.3. The number of nitrogens with one attached hydrogen (secondary N) is 1. The van der Waals surface area contributed by atoms with E-state index in [1.54, 1.807) is 31.2 Å². The van der Waals surface area contributed by atoms with Crippen LogP contribution in [0.2, 0.25) is 0 Å². The van der Waals surface area contributed by atoms with Gasteiger partial charge in [-0.05, 0) is 44.9 Å². The molecule has 1 N–H and O–H groups in total. The van der Waals surface area contributed by atoms with Crippen molar-refractivity contribution in [1.82, 2.24) is 10.2 Å². The van der Waals surface area contributed by atoms with Crippen LogP contribution in [0.15, 0.2) is 54.6 Å². The lowest BCUT2D eigenvalue weighted by atomic mass is 10.1. The van der Waals surface area contributed by atoms with Crippen molar-refractivity contribution in [2.75, 3.05) is 23.7 Å². The second-order valence-electron chi connectivity index (χ2n) is 8.26. The van der Waals surface area contributed by atoms with Gasteiger partial charge in [0.15, 0.2) is 0 Å². The molecule has 2 rings (SSSR count). The molecule has 0 aromatic heterocycles. The second kappa shape index (κ2) is 12.4. The maximum Gasteiger partial charge on any atom is 0.244 e. The fourth-order valence-corrected chi connectivity index (χ4v) is 4.47. The molecule has 0 bridgehead atoms. The van der Waals surface area contributed by atoms with Gasteiger partial charge in [0.05, 0.1) is 18.6 Å². The normalized spacial score (nSPS) is 12.2. The van der Waals surface area contributed by atoms with Crippen molar-refractivity contribution in [3.05, 3.63) is 60.2 Å². The highest BCUT2D eigenvalue weighted by Gasteiger charge is 2.32. The zero-order chi connectivity index (χ0) is 25.3. The Kier molecular flexibility index (Phi) is 9.92. The van der Waals surface area contributed by atoms with Gasteiger partial charge >= 0.3 is 0 Å². The van der Waals surface area contributed by atoms with Crippen molar-refractivity contribution >= 4 is 27.5 Å². The number of amides is 2. The molecule has 8 nitrogen and oxygen atoms in total. The van der Waals surface area contributed by atoms with Crippen LogP contribution in [0.5, 0.6) is 5.75 Å². The topological polar surface area (TPSA) is 96.0 Å². The van der Waals surface area contributed by atoms with Gasteiger partial charge < -0.3 is 15.0 Å². The number of benzene rings is 2. The third kappa shape index (κ3) is 7.48. The van der Waals surface area contributed by atoms with Crippen molar-refractivity contribution in [3.8, 4) is 5.75 Å². The van der Waals surface area contributed by atoms with Gasteiger partial charge in [0.1, 0.15) is 18.3 Å². The van der Waals surface area contributed by atoms with Crippen molar-refractivity contribution in [2.45, 2.75) is 52.7 Å². The van der Waals surface area contributed by atoms with E-state index in [0.29, 0.717) is 18.8 Å². The second-order valence-corrected chi connectivity index (χ2v) is 10.2. The molecule has 0 spiro atoms. The van der Waals surface area contributed by atoms with Crippen molar-refractivity contribution in [1.29, 1.82) is 0 Å². The van der Waals surface area contributed by atoms with Crippen LogP contribution in [0.4, 0.5) is 5.69 Å². The number of rotatable bonds is 12. The van der Waals surface area contributed by atoms with Crippen LogP contribution in [0, 0.1) is 0 Å². The van der Waals surface area contributed by atoms with Crippen LogP contribution in [0.1, 0.15) is 39.7 Å². The Labute approximate surface area is 202 Å². The van der Waals surface area contributed by atoms with Crippen molar-refractivity contribution in [2.24, 2.45) is 0 Å². The van der Waals surface area contributed by atoms with E-state index in [2.05, 4.69) is 5.32 Å². The third-order valence-corrected chi connectivity index (χ3v) is 6.25. The summed E-state index contributed by atoms with van der Waals surface area (Å²) in [5, 5.41) is 2.87. The number of anilines is 1. The molecule has 0 fully saturated rings. The highest BCUT2D eigenvalue weighted by Crippen LogP contribution is 2.30. The van der Waals surface area contributed by atoms with Gasteiger partial charge in [-0.25, -0.2) is 8.42 Å². The number of hydrogen-bond acceptors (Lipinski definition) is 5.